The lowest BCUT2D eigenvalue weighted by molar-refractivity contribution is 0.572. The minimum atomic E-state index is -0.573. The van der Waals surface area contributed by atoms with Gasteiger partial charge >= 0.3 is 0 Å². The van der Waals surface area contributed by atoms with Gasteiger partial charge in [-0.15, -0.1) is 0 Å². The maximum absolute atomic E-state index is 15.0. The molecule has 0 fully saturated rings. The third-order valence-corrected chi connectivity index (χ3v) is 6.30. The predicted octanol–water partition coefficient (Wildman–Crippen LogP) is 4.97. The Morgan fingerprint density at radius 1 is 1.06 bits per heavy atom. The fourth-order valence-electron chi connectivity index (χ4n) is 4.66. The third-order valence-electron chi connectivity index (χ3n) is 6.30. The van der Waals surface area contributed by atoms with Crippen molar-refractivity contribution in [1.82, 2.24) is 15.3 Å². The molecule has 0 bridgehead atoms. The summed E-state index contributed by atoms with van der Waals surface area (Å²) < 4.78 is 29.7. The van der Waals surface area contributed by atoms with Crippen LogP contribution in [0.2, 0.25) is 0 Å². The van der Waals surface area contributed by atoms with Crippen LogP contribution >= 0.6 is 0 Å². The summed E-state index contributed by atoms with van der Waals surface area (Å²) in [5.74, 6) is -0.599. The van der Waals surface area contributed by atoms with Gasteiger partial charge in [-0.25, -0.2) is 18.7 Å². The molecular weight excluding hydrogens is 408 g/mol. The van der Waals surface area contributed by atoms with Crippen molar-refractivity contribution in [2.45, 2.75) is 45.7 Å². The van der Waals surface area contributed by atoms with Gasteiger partial charge in [0.05, 0.1) is 6.20 Å². The molecule has 0 atom stereocenters. The van der Waals surface area contributed by atoms with Crippen molar-refractivity contribution >= 4 is 17.3 Å². The van der Waals surface area contributed by atoms with Crippen LogP contribution in [0.1, 0.15) is 37.0 Å². The van der Waals surface area contributed by atoms with Gasteiger partial charge in [0.15, 0.2) is 5.82 Å². The van der Waals surface area contributed by atoms with Gasteiger partial charge in [0, 0.05) is 41.6 Å². The SMILES string of the molecule is CC(C)N1CCCc2c(F)cc(-c3nc(Nc4ccc5c(c4)CNCC5)ncc3F)cc21. The Balaban J connectivity index is 1.49. The van der Waals surface area contributed by atoms with Crippen LogP contribution < -0.4 is 15.5 Å². The molecule has 5 rings (SSSR count). The molecule has 0 amide bonds. The predicted molar refractivity (Wildman–Crippen MR) is 123 cm³/mol. The van der Waals surface area contributed by atoms with Crippen molar-refractivity contribution in [3.05, 3.63) is 64.9 Å². The number of halogens is 2. The summed E-state index contributed by atoms with van der Waals surface area (Å²) in [4.78, 5) is 10.7. The van der Waals surface area contributed by atoms with E-state index in [4.69, 9.17) is 0 Å². The Bertz CT molecular complexity index is 1160. The summed E-state index contributed by atoms with van der Waals surface area (Å²) in [6, 6.07) is 9.62. The van der Waals surface area contributed by atoms with Crippen LogP contribution in [0.15, 0.2) is 36.5 Å². The van der Waals surface area contributed by atoms with E-state index in [1.807, 2.05) is 12.1 Å². The first-order valence-electron chi connectivity index (χ1n) is 11.2. The molecular formula is C25H27F2N5. The lowest BCUT2D eigenvalue weighted by Crippen LogP contribution is -2.35. The van der Waals surface area contributed by atoms with Crippen LogP contribution in [-0.2, 0) is 19.4 Å². The van der Waals surface area contributed by atoms with E-state index in [1.54, 1.807) is 0 Å². The molecule has 2 aliphatic heterocycles. The molecule has 3 aromatic rings. The average molecular weight is 436 g/mol. The van der Waals surface area contributed by atoms with Crippen LogP contribution in [0.25, 0.3) is 11.3 Å². The lowest BCUT2D eigenvalue weighted by atomic mass is 9.96. The standard InChI is InChI=1S/C25H27F2N5/c1-15(2)32-9-3-4-20-21(26)11-17(12-23(20)32)24-22(27)14-29-25(31-24)30-19-6-5-16-7-8-28-13-18(16)10-19/h5-6,10-12,14-15,28H,3-4,7-9,13H2,1-2H3,(H,29,30,31). The molecule has 0 saturated heterocycles. The molecule has 0 saturated carbocycles. The smallest absolute Gasteiger partial charge is 0.227 e. The minimum absolute atomic E-state index is 0.0955. The number of benzene rings is 2. The highest BCUT2D eigenvalue weighted by Gasteiger charge is 2.24. The molecule has 2 aromatic carbocycles. The minimum Gasteiger partial charge on any atom is -0.369 e. The normalized spacial score (nSPS) is 15.5. The molecule has 2 N–H and O–H groups in total. The van der Waals surface area contributed by atoms with Crippen molar-refractivity contribution < 1.29 is 8.78 Å². The van der Waals surface area contributed by atoms with Crippen molar-refractivity contribution in [2.75, 3.05) is 23.3 Å². The maximum Gasteiger partial charge on any atom is 0.227 e. The fraction of sp³-hybridized carbons (Fsp3) is 0.360. The Morgan fingerprint density at radius 3 is 2.78 bits per heavy atom. The van der Waals surface area contributed by atoms with Crippen LogP contribution in [-0.4, -0.2) is 29.1 Å². The molecule has 0 unspecified atom stereocenters. The van der Waals surface area contributed by atoms with Crippen molar-refractivity contribution in [1.29, 1.82) is 0 Å². The number of rotatable bonds is 4. The summed E-state index contributed by atoms with van der Waals surface area (Å²) in [6.07, 6.45) is 3.75. The van der Waals surface area contributed by atoms with E-state index in [9.17, 15) is 8.78 Å². The van der Waals surface area contributed by atoms with Crippen molar-refractivity contribution in [3.63, 3.8) is 0 Å². The Kier molecular flexibility index (Phi) is 5.51. The van der Waals surface area contributed by atoms with Gasteiger partial charge in [0.1, 0.15) is 11.5 Å². The van der Waals surface area contributed by atoms with Crippen molar-refractivity contribution in [3.8, 4) is 11.3 Å². The Hall–Kier alpha value is -3.06. The quantitative estimate of drug-likeness (QED) is 0.606. The first kappa shape index (κ1) is 20.8. The zero-order valence-corrected chi connectivity index (χ0v) is 18.4. The zero-order chi connectivity index (χ0) is 22.2. The number of anilines is 3. The van der Waals surface area contributed by atoms with E-state index < -0.39 is 5.82 Å². The van der Waals surface area contributed by atoms with E-state index >= 15 is 0 Å². The molecule has 166 valence electrons. The Morgan fingerprint density at radius 2 is 1.94 bits per heavy atom. The molecule has 3 heterocycles. The molecule has 0 aliphatic carbocycles. The second kappa shape index (κ2) is 8.47. The van der Waals surface area contributed by atoms with E-state index in [0.717, 1.165) is 50.0 Å². The molecule has 5 nitrogen and oxygen atoms in total. The average Bonchev–Trinajstić information content (AvgIpc) is 2.79. The van der Waals surface area contributed by atoms with Gasteiger partial charge in [-0.3, -0.25) is 0 Å². The summed E-state index contributed by atoms with van der Waals surface area (Å²) in [6.45, 7) is 6.83. The van der Waals surface area contributed by atoms with E-state index in [-0.39, 0.29) is 23.5 Å². The number of aromatic nitrogens is 2. The van der Waals surface area contributed by atoms with Gasteiger partial charge in [-0.05, 0) is 75.0 Å². The first-order valence-corrected chi connectivity index (χ1v) is 11.2. The van der Waals surface area contributed by atoms with Gasteiger partial charge < -0.3 is 15.5 Å². The van der Waals surface area contributed by atoms with Crippen molar-refractivity contribution in [2.24, 2.45) is 0 Å². The van der Waals surface area contributed by atoms with E-state index in [0.29, 0.717) is 17.5 Å². The fourth-order valence-corrected chi connectivity index (χ4v) is 4.66. The lowest BCUT2D eigenvalue weighted by Gasteiger charge is -2.35. The van der Waals surface area contributed by atoms with Gasteiger partial charge in [0.25, 0.3) is 0 Å². The summed E-state index contributed by atoms with van der Waals surface area (Å²) >= 11 is 0. The molecule has 32 heavy (non-hydrogen) atoms. The number of hydrogen-bond donors (Lipinski definition) is 2. The molecule has 0 radical (unpaired) electrons. The van der Waals surface area contributed by atoms with Crippen LogP contribution in [0, 0.1) is 11.6 Å². The summed E-state index contributed by atoms with van der Waals surface area (Å²) in [5.41, 5.74) is 5.45. The highest BCUT2D eigenvalue weighted by molar-refractivity contribution is 5.71. The number of nitrogens with one attached hydrogen (secondary N) is 2. The number of fused-ring (bicyclic) bond motifs is 2. The third kappa shape index (κ3) is 3.93. The number of hydrogen-bond acceptors (Lipinski definition) is 5. The van der Waals surface area contributed by atoms with Crippen LogP contribution in [0.3, 0.4) is 0 Å². The summed E-state index contributed by atoms with van der Waals surface area (Å²) in [7, 11) is 0. The van der Waals surface area contributed by atoms with E-state index in [1.165, 1.54) is 17.2 Å². The monoisotopic (exact) mass is 435 g/mol. The van der Waals surface area contributed by atoms with Gasteiger partial charge in [0.2, 0.25) is 5.95 Å². The molecule has 0 spiro atoms. The molecule has 2 aliphatic rings. The topological polar surface area (TPSA) is 53.1 Å². The maximum atomic E-state index is 15.0. The van der Waals surface area contributed by atoms with E-state index in [2.05, 4.69) is 51.5 Å². The zero-order valence-electron chi connectivity index (χ0n) is 18.4. The highest BCUT2D eigenvalue weighted by Crippen LogP contribution is 2.36. The van der Waals surface area contributed by atoms with Gasteiger partial charge in [-0.1, -0.05) is 6.07 Å². The van der Waals surface area contributed by atoms with Crippen LogP contribution in [0.4, 0.5) is 26.1 Å². The second-order valence-corrected chi connectivity index (χ2v) is 8.77. The second-order valence-electron chi connectivity index (χ2n) is 8.77. The highest BCUT2D eigenvalue weighted by atomic mass is 19.1. The number of nitrogens with zero attached hydrogens (tertiary/aromatic N) is 3. The first-order chi connectivity index (χ1) is 15.5. The molecule has 1 aromatic heterocycles. The molecule has 7 heteroatoms. The van der Waals surface area contributed by atoms with Crippen LogP contribution in [0.5, 0.6) is 0 Å². The summed E-state index contributed by atoms with van der Waals surface area (Å²) in [5, 5.41) is 6.54. The van der Waals surface area contributed by atoms with Gasteiger partial charge in [-0.2, -0.15) is 0 Å². The Labute approximate surface area is 186 Å². The largest absolute Gasteiger partial charge is 0.369 e.